The van der Waals surface area contributed by atoms with E-state index in [9.17, 15) is 8.42 Å². The lowest BCUT2D eigenvalue weighted by Crippen LogP contribution is -2.40. The number of unbranched alkanes of at least 4 members (excludes halogenated alkanes) is 3. The lowest BCUT2D eigenvalue weighted by atomic mass is 10.2. The van der Waals surface area contributed by atoms with Crippen LogP contribution in [0, 0.1) is 0 Å². The first-order chi connectivity index (χ1) is 10.1. The number of hydrogen-bond donors (Lipinski definition) is 2. The summed E-state index contributed by atoms with van der Waals surface area (Å²) in [6.45, 7) is 2.75. The fourth-order valence-electron chi connectivity index (χ4n) is 2.09. The second-order valence-corrected chi connectivity index (χ2v) is 6.53. The molecule has 0 fully saturated rings. The van der Waals surface area contributed by atoms with E-state index in [4.69, 9.17) is 4.74 Å². The number of aliphatic imine (C=N–C) groups is 1. The van der Waals surface area contributed by atoms with Crippen LogP contribution in [0.1, 0.15) is 32.6 Å². The van der Waals surface area contributed by atoms with Crippen molar-refractivity contribution in [3.05, 3.63) is 18.2 Å². The minimum absolute atomic E-state index is 0.173. The van der Waals surface area contributed by atoms with Crippen molar-refractivity contribution >= 4 is 21.7 Å². The molecule has 0 aromatic heterocycles. The summed E-state index contributed by atoms with van der Waals surface area (Å²) in [6.07, 6.45) is 4.40. The predicted molar refractivity (Wildman–Crippen MR) is 83.4 cm³/mol. The van der Waals surface area contributed by atoms with Gasteiger partial charge in [-0.05, 0) is 18.6 Å². The summed E-state index contributed by atoms with van der Waals surface area (Å²) in [7, 11) is -2.09. The summed E-state index contributed by atoms with van der Waals surface area (Å²) in [4.78, 5) is 4.45. The van der Waals surface area contributed by atoms with E-state index in [0.29, 0.717) is 18.0 Å². The largest absolute Gasteiger partial charge is 0.497 e. The van der Waals surface area contributed by atoms with Gasteiger partial charge in [0.05, 0.1) is 12.8 Å². The van der Waals surface area contributed by atoms with E-state index in [-0.39, 0.29) is 10.9 Å². The van der Waals surface area contributed by atoms with Gasteiger partial charge < -0.3 is 10.1 Å². The second-order valence-electron chi connectivity index (χ2n) is 4.88. The number of rotatable bonds is 6. The first-order valence-electron chi connectivity index (χ1n) is 7.09. The van der Waals surface area contributed by atoms with E-state index in [1.165, 1.54) is 19.6 Å². The average molecular weight is 311 g/mol. The molecule has 7 heteroatoms. The summed E-state index contributed by atoms with van der Waals surface area (Å²) >= 11 is 0. The van der Waals surface area contributed by atoms with Crippen molar-refractivity contribution in [3.8, 4) is 5.75 Å². The molecule has 0 saturated carbocycles. The highest BCUT2D eigenvalue weighted by Crippen LogP contribution is 2.28. The van der Waals surface area contributed by atoms with Crippen LogP contribution in [0.15, 0.2) is 28.1 Å². The van der Waals surface area contributed by atoms with Crippen LogP contribution in [0.5, 0.6) is 5.75 Å². The van der Waals surface area contributed by atoms with Gasteiger partial charge in [-0.1, -0.05) is 26.2 Å². The van der Waals surface area contributed by atoms with Crippen LogP contribution >= 0.6 is 0 Å². The number of nitrogens with one attached hydrogen (secondary N) is 2. The minimum atomic E-state index is -3.59. The molecule has 1 aromatic rings. The summed E-state index contributed by atoms with van der Waals surface area (Å²) in [5.41, 5.74) is 0.516. The van der Waals surface area contributed by atoms with Gasteiger partial charge in [-0.2, -0.15) is 0 Å². The number of ether oxygens (including phenoxy) is 1. The van der Waals surface area contributed by atoms with Gasteiger partial charge in [-0.3, -0.25) is 4.99 Å². The van der Waals surface area contributed by atoms with Crippen LogP contribution in [0.4, 0.5) is 5.69 Å². The molecule has 21 heavy (non-hydrogen) atoms. The van der Waals surface area contributed by atoms with Gasteiger partial charge in [0, 0.05) is 12.6 Å². The molecule has 0 saturated heterocycles. The van der Waals surface area contributed by atoms with Gasteiger partial charge in [0.1, 0.15) is 10.6 Å². The number of hydrogen-bond acceptors (Lipinski definition) is 4. The van der Waals surface area contributed by atoms with E-state index < -0.39 is 10.0 Å². The fourth-order valence-corrected chi connectivity index (χ4v) is 3.25. The Balaban J connectivity index is 2.12. The van der Waals surface area contributed by atoms with Crippen molar-refractivity contribution in [1.82, 2.24) is 4.72 Å². The Morgan fingerprint density at radius 1 is 1.24 bits per heavy atom. The van der Waals surface area contributed by atoms with Crippen molar-refractivity contribution in [1.29, 1.82) is 0 Å². The quantitative estimate of drug-likeness (QED) is 0.790. The van der Waals surface area contributed by atoms with Gasteiger partial charge >= 0.3 is 0 Å². The van der Waals surface area contributed by atoms with Gasteiger partial charge in [0.15, 0.2) is 0 Å². The Morgan fingerprint density at radius 2 is 2.05 bits per heavy atom. The lowest BCUT2D eigenvalue weighted by molar-refractivity contribution is 0.413. The molecule has 0 amide bonds. The molecule has 2 rings (SSSR count). The first kappa shape index (κ1) is 15.6. The van der Waals surface area contributed by atoms with E-state index in [2.05, 4.69) is 22.0 Å². The third-order valence-corrected chi connectivity index (χ3v) is 4.62. The normalized spacial score (nSPS) is 17.7. The molecule has 1 aliphatic heterocycles. The third kappa shape index (κ3) is 3.87. The summed E-state index contributed by atoms with van der Waals surface area (Å²) in [5, 5.41) is 3.00. The molecule has 116 valence electrons. The number of fused-ring (bicyclic) bond motifs is 1. The van der Waals surface area contributed by atoms with Crippen molar-refractivity contribution < 1.29 is 13.2 Å². The number of guanidine groups is 1. The van der Waals surface area contributed by atoms with Crippen LogP contribution in [0.3, 0.4) is 0 Å². The van der Waals surface area contributed by atoms with Crippen LogP contribution < -0.4 is 14.8 Å². The molecule has 0 spiro atoms. The standard InChI is InChI=1S/C14H21N3O3S/c1-3-4-5-6-9-15-14-16-12-8-7-11(20-2)10-13(12)21(18,19)17-14/h7-8,10H,3-6,9H2,1-2H3,(H2,15,16,17). The highest BCUT2D eigenvalue weighted by Gasteiger charge is 2.26. The van der Waals surface area contributed by atoms with Crippen LogP contribution in [-0.2, 0) is 10.0 Å². The molecule has 6 nitrogen and oxygen atoms in total. The van der Waals surface area contributed by atoms with Crippen molar-refractivity contribution in [3.63, 3.8) is 0 Å². The minimum Gasteiger partial charge on any atom is -0.497 e. The number of benzene rings is 1. The van der Waals surface area contributed by atoms with Gasteiger partial charge in [0.25, 0.3) is 10.0 Å². The van der Waals surface area contributed by atoms with Gasteiger partial charge in [0.2, 0.25) is 5.96 Å². The highest BCUT2D eigenvalue weighted by atomic mass is 32.2. The maximum Gasteiger partial charge on any atom is 0.266 e. The molecule has 0 atom stereocenters. The molecule has 0 aliphatic carbocycles. The zero-order chi connectivity index (χ0) is 15.3. The van der Waals surface area contributed by atoms with Crippen molar-refractivity contribution in [2.24, 2.45) is 4.99 Å². The second kappa shape index (κ2) is 6.80. The molecule has 0 radical (unpaired) electrons. The van der Waals surface area contributed by atoms with Crippen LogP contribution in [0.25, 0.3) is 0 Å². The molecule has 0 unspecified atom stereocenters. The maximum absolute atomic E-state index is 12.2. The zero-order valence-corrected chi connectivity index (χ0v) is 13.2. The van der Waals surface area contributed by atoms with Crippen molar-refractivity contribution in [2.75, 3.05) is 19.0 Å². The summed E-state index contributed by atoms with van der Waals surface area (Å²) < 4.78 is 31.9. The van der Waals surface area contributed by atoms with Crippen molar-refractivity contribution in [2.45, 2.75) is 37.5 Å². The molecule has 2 N–H and O–H groups in total. The molecule has 1 aromatic carbocycles. The molecule has 1 aliphatic rings. The smallest absolute Gasteiger partial charge is 0.266 e. The Kier molecular flexibility index (Phi) is 5.06. The Hall–Kier alpha value is -1.76. The summed E-state index contributed by atoms with van der Waals surface area (Å²) in [5.74, 6) is 0.782. The first-order valence-corrected chi connectivity index (χ1v) is 8.57. The van der Waals surface area contributed by atoms with Crippen LogP contribution in [-0.4, -0.2) is 28.0 Å². The van der Waals surface area contributed by atoms with E-state index >= 15 is 0 Å². The van der Waals surface area contributed by atoms with E-state index in [1.807, 2.05) is 0 Å². The Morgan fingerprint density at radius 3 is 2.76 bits per heavy atom. The number of anilines is 1. The predicted octanol–water partition coefficient (Wildman–Crippen LogP) is 2.34. The lowest BCUT2D eigenvalue weighted by Gasteiger charge is -2.21. The Labute approximate surface area is 125 Å². The van der Waals surface area contributed by atoms with E-state index in [1.54, 1.807) is 12.1 Å². The zero-order valence-electron chi connectivity index (χ0n) is 12.3. The summed E-state index contributed by atoms with van der Waals surface area (Å²) in [6, 6.07) is 4.88. The van der Waals surface area contributed by atoms with Crippen LogP contribution in [0.2, 0.25) is 0 Å². The molecule has 1 heterocycles. The number of methoxy groups -OCH3 is 1. The third-order valence-electron chi connectivity index (χ3n) is 3.24. The Bertz CT molecular complexity index is 626. The SMILES string of the molecule is CCCCCCN=C1Nc2ccc(OC)cc2S(=O)(=O)N1. The van der Waals surface area contributed by atoms with Gasteiger partial charge in [-0.15, -0.1) is 0 Å². The number of sulfonamides is 1. The fraction of sp³-hybridized carbons (Fsp3) is 0.500. The molecular formula is C14H21N3O3S. The van der Waals surface area contributed by atoms with E-state index in [0.717, 1.165) is 19.3 Å². The van der Waals surface area contributed by atoms with Gasteiger partial charge in [-0.25, -0.2) is 13.1 Å². The topological polar surface area (TPSA) is 79.8 Å². The monoisotopic (exact) mass is 311 g/mol. The highest BCUT2D eigenvalue weighted by molar-refractivity contribution is 7.90. The maximum atomic E-state index is 12.2. The molecular weight excluding hydrogens is 290 g/mol. The average Bonchev–Trinajstić information content (AvgIpc) is 2.46. The molecule has 0 bridgehead atoms. The number of nitrogens with zero attached hydrogens (tertiary/aromatic N) is 1.